The summed E-state index contributed by atoms with van der Waals surface area (Å²) in [6.45, 7) is 6.81. The quantitative estimate of drug-likeness (QED) is 0.475. The summed E-state index contributed by atoms with van der Waals surface area (Å²) >= 11 is 0. The van der Waals surface area contributed by atoms with Gasteiger partial charge in [-0.15, -0.1) is 0 Å². The Kier molecular flexibility index (Phi) is 5.35. The third kappa shape index (κ3) is 4.77. The fraction of sp³-hybridized carbons (Fsp3) is 0.500. The summed E-state index contributed by atoms with van der Waals surface area (Å²) in [5, 5.41) is 0. The zero-order chi connectivity index (χ0) is 16.2. The van der Waals surface area contributed by atoms with Crippen LogP contribution in [0.1, 0.15) is 38.1 Å². The van der Waals surface area contributed by atoms with Crippen LogP contribution < -0.4 is 9.47 Å². The molecular formula is C16H22O5. The maximum atomic E-state index is 12.4. The Morgan fingerprint density at radius 1 is 1.00 bits per heavy atom. The lowest BCUT2D eigenvalue weighted by molar-refractivity contribution is -0.157. The number of ether oxygens (including phenoxy) is 3. The van der Waals surface area contributed by atoms with Crippen LogP contribution in [0.2, 0.25) is 0 Å². The van der Waals surface area contributed by atoms with Crippen molar-refractivity contribution in [3.63, 3.8) is 0 Å². The van der Waals surface area contributed by atoms with Gasteiger partial charge >= 0.3 is 5.97 Å². The van der Waals surface area contributed by atoms with Crippen LogP contribution in [0.25, 0.3) is 0 Å². The standard InChI is InChI=1S/C16H22O5/c1-10(15(18)21-16(2,3)4)14(17)11-7-12(19-5)9-13(8-11)20-6/h7-10H,1-6H3. The van der Waals surface area contributed by atoms with Gasteiger partial charge < -0.3 is 14.2 Å². The highest BCUT2D eigenvalue weighted by atomic mass is 16.6. The van der Waals surface area contributed by atoms with Crippen LogP contribution in [0.5, 0.6) is 11.5 Å². The van der Waals surface area contributed by atoms with Crippen LogP contribution in [0.15, 0.2) is 18.2 Å². The van der Waals surface area contributed by atoms with Crippen LogP contribution in [-0.2, 0) is 9.53 Å². The molecule has 1 aromatic rings. The minimum absolute atomic E-state index is 0.332. The maximum Gasteiger partial charge on any atom is 0.317 e. The van der Waals surface area contributed by atoms with Gasteiger partial charge in [-0.3, -0.25) is 9.59 Å². The summed E-state index contributed by atoms with van der Waals surface area (Å²) in [7, 11) is 3.00. The predicted molar refractivity (Wildman–Crippen MR) is 78.9 cm³/mol. The minimum atomic E-state index is -0.888. The monoisotopic (exact) mass is 294 g/mol. The van der Waals surface area contributed by atoms with Crippen molar-refractivity contribution in [1.29, 1.82) is 0 Å². The van der Waals surface area contributed by atoms with Gasteiger partial charge in [-0.1, -0.05) is 0 Å². The second kappa shape index (κ2) is 6.61. The predicted octanol–water partition coefficient (Wildman–Crippen LogP) is 2.86. The van der Waals surface area contributed by atoms with E-state index in [9.17, 15) is 9.59 Å². The highest BCUT2D eigenvalue weighted by Gasteiger charge is 2.28. The molecule has 0 spiro atoms. The molecule has 1 unspecified atom stereocenters. The van der Waals surface area contributed by atoms with Crippen LogP contribution in [0.4, 0.5) is 0 Å². The van der Waals surface area contributed by atoms with Crippen LogP contribution in [0, 0.1) is 5.92 Å². The van der Waals surface area contributed by atoms with Gasteiger partial charge in [0.05, 0.1) is 14.2 Å². The highest BCUT2D eigenvalue weighted by Crippen LogP contribution is 2.25. The van der Waals surface area contributed by atoms with Gasteiger partial charge in [0.25, 0.3) is 0 Å². The summed E-state index contributed by atoms with van der Waals surface area (Å²) in [5.74, 6) is -0.778. The first kappa shape index (κ1) is 17.0. The summed E-state index contributed by atoms with van der Waals surface area (Å²) in [6, 6.07) is 4.81. The molecule has 0 aliphatic heterocycles. The molecule has 0 aromatic heterocycles. The van der Waals surface area contributed by atoms with Gasteiger partial charge in [0, 0.05) is 11.6 Å². The molecule has 0 fully saturated rings. The Hall–Kier alpha value is -2.04. The Labute approximate surface area is 125 Å². The molecule has 0 aliphatic rings. The number of hydrogen-bond donors (Lipinski definition) is 0. The average molecular weight is 294 g/mol. The van der Waals surface area contributed by atoms with Gasteiger partial charge in [-0.25, -0.2) is 0 Å². The van der Waals surface area contributed by atoms with Gasteiger partial charge in [0.1, 0.15) is 23.0 Å². The van der Waals surface area contributed by atoms with E-state index in [-0.39, 0.29) is 5.78 Å². The summed E-state index contributed by atoms with van der Waals surface area (Å²) < 4.78 is 15.5. The molecule has 1 rings (SSSR count). The second-order valence-electron chi connectivity index (χ2n) is 5.72. The first-order valence-electron chi connectivity index (χ1n) is 6.68. The van der Waals surface area contributed by atoms with Crippen molar-refractivity contribution in [1.82, 2.24) is 0 Å². The Morgan fingerprint density at radius 3 is 1.86 bits per heavy atom. The smallest absolute Gasteiger partial charge is 0.317 e. The van der Waals surface area contributed by atoms with Gasteiger partial charge in [-0.2, -0.15) is 0 Å². The fourth-order valence-corrected chi connectivity index (χ4v) is 1.70. The topological polar surface area (TPSA) is 61.8 Å². The Bertz CT molecular complexity index is 506. The molecule has 0 aliphatic carbocycles. The van der Waals surface area contributed by atoms with E-state index in [4.69, 9.17) is 14.2 Å². The fourth-order valence-electron chi connectivity index (χ4n) is 1.70. The zero-order valence-electron chi connectivity index (χ0n) is 13.4. The van der Waals surface area contributed by atoms with E-state index >= 15 is 0 Å². The van der Waals surface area contributed by atoms with Crippen molar-refractivity contribution in [2.45, 2.75) is 33.3 Å². The maximum absolute atomic E-state index is 12.4. The van der Waals surface area contributed by atoms with Crippen molar-refractivity contribution in [2.75, 3.05) is 14.2 Å². The van der Waals surface area contributed by atoms with Crippen molar-refractivity contribution < 1.29 is 23.8 Å². The van der Waals surface area contributed by atoms with E-state index in [0.717, 1.165) is 0 Å². The van der Waals surface area contributed by atoms with E-state index in [1.165, 1.54) is 21.1 Å². The number of esters is 1. The molecule has 116 valence electrons. The van der Waals surface area contributed by atoms with Gasteiger partial charge in [-0.05, 0) is 39.8 Å². The molecule has 0 saturated heterocycles. The van der Waals surface area contributed by atoms with E-state index < -0.39 is 17.5 Å². The number of benzene rings is 1. The molecule has 0 amide bonds. The van der Waals surface area contributed by atoms with Crippen molar-refractivity contribution in [3.8, 4) is 11.5 Å². The molecule has 0 heterocycles. The minimum Gasteiger partial charge on any atom is -0.497 e. The third-order valence-electron chi connectivity index (χ3n) is 2.79. The summed E-state index contributed by atoms with van der Waals surface area (Å²) in [4.78, 5) is 24.4. The molecular weight excluding hydrogens is 272 g/mol. The lowest BCUT2D eigenvalue weighted by Gasteiger charge is -2.22. The van der Waals surface area contributed by atoms with Crippen molar-refractivity contribution >= 4 is 11.8 Å². The van der Waals surface area contributed by atoms with E-state index in [0.29, 0.717) is 17.1 Å². The number of Topliss-reactive ketones (excluding diaryl/α,β-unsaturated/α-hetero) is 1. The number of methoxy groups -OCH3 is 2. The third-order valence-corrected chi connectivity index (χ3v) is 2.79. The molecule has 5 nitrogen and oxygen atoms in total. The highest BCUT2D eigenvalue weighted by molar-refractivity contribution is 6.08. The number of hydrogen-bond acceptors (Lipinski definition) is 5. The molecule has 1 aromatic carbocycles. The van der Waals surface area contributed by atoms with E-state index in [1.807, 2.05) is 0 Å². The molecule has 0 bridgehead atoms. The summed E-state index contributed by atoms with van der Waals surface area (Å²) in [6.07, 6.45) is 0. The Morgan fingerprint density at radius 2 is 1.48 bits per heavy atom. The van der Waals surface area contributed by atoms with Crippen LogP contribution in [-0.4, -0.2) is 31.6 Å². The lowest BCUT2D eigenvalue weighted by atomic mass is 9.98. The largest absolute Gasteiger partial charge is 0.497 e. The van der Waals surface area contributed by atoms with E-state index in [1.54, 1.807) is 39.0 Å². The molecule has 5 heteroatoms. The van der Waals surface area contributed by atoms with E-state index in [2.05, 4.69) is 0 Å². The summed E-state index contributed by atoms with van der Waals surface area (Å²) in [5.41, 5.74) is -0.276. The van der Waals surface area contributed by atoms with Gasteiger partial charge in [0.2, 0.25) is 0 Å². The SMILES string of the molecule is COc1cc(OC)cc(C(=O)C(C)C(=O)OC(C)(C)C)c1. The molecule has 1 atom stereocenters. The number of ketones is 1. The first-order valence-corrected chi connectivity index (χ1v) is 6.68. The average Bonchev–Trinajstić information content (AvgIpc) is 2.43. The zero-order valence-corrected chi connectivity index (χ0v) is 13.4. The van der Waals surface area contributed by atoms with Crippen molar-refractivity contribution in [2.24, 2.45) is 5.92 Å². The molecule has 0 radical (unpaired) electrons. The van der Waals surface area contributed by atoms with Crippen molar-refractivity contribution in [3.05, 3.63) is 23.8 Å². The van der Waals surface area contributed by atoms with Crippen LogP contribution in [0.3, 0.4) is 0 Å². The number of rotatable bonds is 5. The van der Waals surface area contributed by atoms with Gasteiger partial charge in [0.15, 0.2) is 5.78 Å². The molecule has 21 heavy (non-hydrogen) atoms. The number of carbonyl (C=O) groups is 2. The first-order chi connectivity index (χ1) is 9.67. The second-order valence-corrected chi connectivity index (χ2v) is 5.72. The van der Waals surface area contributed by atoms with Crippen LogP contribution >= 0.6 is 0 Å². The normalized spacial score (nSPS) is 12.5. The Balaban J connectivity index is 2.99. The molecule has 0 N–H and O–H groups in total. The number of carbonyl (C=O) groups excluding carboxylic acids is 2. The molecule has 0 saturated carbocycles. The lowest BCUT2D eigenvalue weighted by Crippen LogP contribution is -2.31.